The molecule has 1 heterocycles. The maximum Gasteiger partial charge on any atom is 0.124 e. The Balaban J connectivity index is 1.48. The summed E-state index contributed by atoms with van der Waals surface area (Å²) in [4.78, 5) is 4.37. The van der Waals surface area contributed by atoms with Crippen molar-refractivity contribution in [3.8, 4) is 0 Å². The van der Waals surface area contributed by atoms with Gasteiger partial charge in [0.2, 0.25) is 0 Å². The number of pyridine rings is 1. The highest BCUT2D eigenvalue weighted by Gasteiger charge is 2.01. The number of benzene rings is 2. The Hall–Kier alpha value is -1.81. The predicted molar refractivity (Wildman–Crippen MR) is 103 cm³/mol. The monoisotopic (exact) mass is 359 g/mol. The van der Waals surface area contributed by atoms with Gasteiger partial charge >= 0.3 is 0 Å². The van der Waals surface area contributed by atoms with E-state index in [2.05, 4.69) is 28.5 Å². The Labute approximate surface area is 151 Å². The van der Waals surface area contributed by atoms with E-state index in [0.29, 0.717) is 15.9 Å². The van der Waals surface area contributed by atoms with E-state index in [-0.39, 0.29) is 0 Å². The quantitative estimate of drug-likeness (QED) is 0.637. The maximum absolute atomic E-state index is 6.03. The SMILES string of the molecule is Nc1ccc2ccc(CCNCCc3ccc(Cl)c(Cl)c3)cc2n1. The van der Waals surface area contributed by atoms with Crippen molar-refractivity contribution >= 4 is 39.9 Å². The van der Waals surface area contributed by atoms with Crippen LogP contribution in [0.1, 0.15) is 11.1 Å². The molecular weight excluding hydrogens is 341 g/mol. The first-order valence-electron chi connectivity index (χ1n) is 7.91. The molecule has 3 aromatic rings. The van der Waals surface area contributed by atoms with E-state index in [0.717, 1.165) is 36.8 Å². The molecule has 124 valence electrons. The minimum absolute atomic E-state index is 0.555. The highest BCUT2D eigenvalue weighted by molar-refractivity contribution is 6.42. The fraction of sp³-hybridized carbons (Fsp3) is 0.211. The maximum atomic E-state index is 6.03. The lowest BCUT2D eigenvalue weighted by Gasteiger charge is -2.07. The first-order chi connectivity index (χ1) is 11.6. The summed E-state index contributed by atoms with van der Waals surface area (Å²) in [6.45, 7) is 1.81. The van der Waals surface area contributed by atoms with Crippen LogP contribution in [-0.2, 0) is 12.8 Å². The molecule has 0 aliphatic rings. The summed E-state index contributed by atoms with van der Waals surface area (Å²) in [6, 6.07) is 15.9. The molecule has 0 aliphatic carbocycles. The molecule has 0 atom stereocenters. The highest BCUT2D eigenvalue weighted by Crippen LogP contribution is 2.22. The van der Waals surface area contributed by atoms with Gasteiger partial charge in [0.1, 0.15) is 5.82 Å². The van der Waals surface area contributed by atoms with Crippen molar-refractivity contribution in [2.24, 2.45) is 0 Å². The summed E-state index contributed by atoms with van der Waals surface area (Å²) in [7, 11) is 0. The number of nitrogens with one attached hydrogen (secondary N) is 1. The van der Waals surface area contributed by atoms with Crippen LogP contribution in [-0.4, -0.2) is 18.1 Å². The molecule has 0 spiro atoms. The lowest BCUT2D eigenvalue weighted by atomic mass is 10.1. The van der Waals surface area contributed by atoms with Crippen LogP contribution >= 0.6 is 23.2 Å². The zero-order chi connectivity index (χ0) is 16.9. The van der Waals surface area contributed by atoms with Crippen LogP contribution in [0.5, 0.6) is 0 Å². The number of hydrogen-bond donors (Lipinski definition) is 2. The van der Waals surface area contributed by atoms with Crippen molar-refractivity contribution in [2.45, 2.75) is 12.8 Å². The van der Waals surface area contributed by atoms with Gasteiger partial charge in [-0.25, -0.2) is 4.98 Å². The number of aromatic nitrogens is 1. The molecule has 0 saturated heterocycles. The average Bonchev–Trinajstić information content (AvgIpc) is 2.57. The molecule has 3 rings (SSSR count). The van der Waals surface area contributed by atoms with Gasteiger partial charge in [0.05, 0.1) is 15.6 Å². The average molecular weight is 360 g/mol. The zero-order valence-corrected chi connectivity index (χ0v) is 14.7. The van der Waals surface area contributed by atoms with Gasteiger partial charge < -0.3 is 11.1 Å². The van der Waals surface area contributed by atoms with Crippen LogP contribution in [0.2, 0.25) is 10.0 Å². The predicted octanol–water partition coefficient (Wildman–Crippen LogP) is 4.50. The molecule has 0 unspecified atom stereocenters. The summed E-state index contributed by atoms with van der Waals surface area (Å²) in [6.07, 6.45) is 1.88. The van der Waals surface area contributed by atoms with E-state index < -0.39 is 0 Å². The summed E-state index contributed by atoms with van der Waals surface area (Å²) in [5, 5.41) is 5.77. The molecule has 0 fully saturated rings. The number of rotatable bonds is 6. The van der Waals surface area contributed by atoms with E-state index in [1.54, 1.807) is 0 Å². The molecule has 3 nitrogen and oxygen atoms in total. The van der Waals surface area contributed by atoms with Gasteiger partial charge in [-0.1, -0.05) is 41.4 Å². The third kappa shape index (κ3) is 4.38. The standard InChI is InChI=1S/C19H19Cl2N3/c20-16-5-2-13(11-17(16)21)7-9-23-10-8-14-1-3-15-4-6-19(22)24-18(15)12-14/h1-6,11-12,23H,7-10H2,(H2,22,24). The van der Waals surface area contributed by atoms with Gasteiger partial charge in [-0.15, -0.1) is 0 Å². The van der Waals surface area contributed by atoms with E-state index >= 15 is 0 Å². The molecular formula is C19H19Cl2N3. The highest BCUT2D eigenvalue weighted by atomic mass is 35.5. The minimum Gasteiger partial charge on any atom is -0.384 e. The number of nitrogen functional groups attached to an aromatic ring is 1. The smallest absolute Gasteiger partial charge is 0.124 e. The van der Waals surface area contributed by atoms with Gasteiger partial charge in [0.15, 0.2) is 0 Å². The summed E-state index contributed by atoms with van der Waals surface area (Å²) >= 11 is 11.9. The van der Waals surface area contributed by atoms with Crippen molar-refractivity contribution in [3.63, 3.8) is 0 Å². The molecule has 5 heteroatoms. The summed E-state index contributed by atoms with van der Waals surface area (Å²) < 4.78 is 0. The lowest BCUT2D eigenvalue weighted by molar-refractivity contribution is 0.682. The molecule has 0 bridgehead atoms. The lowest BCUT2D eigenvalue weighted by Crippen LogP contribution is -2.20. The Kier molecular flexibility index (Phi) is 5.56. The molecule has 0 radical (unpaired) electrons. The fourth-order valence-corrected chi connectivity index (χ4v) is 2.94. The van der Waals surface area contributed by atoms with Crippen LogP contribution in [0, 0.1) is 0 Å². The van der Waals surface area contributed by atoms with E-state index in [9.17, 15) is 0 Å². The number of nitrogens with two attached hydrogens (primary N) is 1. The van der Waals surface area contributed by atoms with Crippen LogP contribution in [0.4, 0.5) is 5.82 Å². The Morgan fingerprint density at radius 3 is 2.25 bits per heavy atom. The van der Waals surface area contributed by atoms with E-state index in [1.807, 2.05) is 30.3 Å². The second kappa shape index (κ2) is 7.84. The second-order valence-corrected chi connectivity index (χ2v) is 6.58. The number of fused-ring (bicyclic) bond motifs is 1. The molecule has 1 aromatic heterocycles. The number of nitrogens with zero attached hydrogens (tertiary/aromatic N) is 1. The molecule has 3 N–H and O–H groups in total. The van der Waals surface area contributed by atoms with Crippen LogP contribution in [0.25, 0.3) is 10.9 Å². The number of hydrogen-bond acceptors (Lipinski definition) is 3. The summed E-state index contributed by atoms with van der Waals surface area (Å²) in [5.74, 6) is 0.555. The first-order valence-corrected chi connectivity index (χ1v) is 8.67. The Morgan fingerprint density at radius 2 is 1.50 bits per heavy atom. The zero-order valence-electron chi connectivity index (χ0n) is 13.2. The molecule has 0 saturated carbocycles. The number of halogens is 2. The van der Waals surface area contributed by atoms with Crippen LogP contribution in [0.15, 0.2) is 48.5 Å². The van der Waals surface area contributed by atoms with Crippen molar-refractivity contribution < 1.29 is 0 Å². The van der Waals surface area contributed by atoms with Crippen molar-refractivity contribution in [1.82, 2.24) is 10.3 Å². The molecule has 2 aromatic carbocycles. The Bertz CT molecular complexity index is 849. The van der Waals surface area contributed by atoms with Gasteiger partial charge in [-0.05, 0) is 67.4 Å². The third-order valence-electron chi connectivity index (χ3n) is 3.94. The number of anilines is 1. The van der Waals surface area contributed by atoms with Gasteiger partial charge in [-0.2, -0.15) is 0 Å². The molecule has 0 aliphatic heterocycles. The van der Waals surface area contributed by atoms with Crippen molar-refractivity contribution in [2.75, 3.05) is 18.8 Å². The van der Waals surface area contributed by atoms with Crippen molar-refractivity contribution in [3.05, 3.63) is 69.7 Å². The molecule has 24 heavy (non-hydrogen) atoms. The van der Waals surface area contributed by atoms with Gasteiger partial charge in [0, 0.05) is 5.39 Å². The normalized spacial score (nSPS) is 11.1. The van der Waals surface area contributed by atoms with Crippen LogP contribution < -0.4 is 11.1 Å². The van der Waals surface area contributed by atoms with E-state index in [4.69, 9.17) is 28.9 Å². The van der Waals surface area contributed by atoms with Gasteiger partial charge in [-0.3, -0.25) is 0 Å². The first kappa shape index (κ1) is 17.0. The Morgan fingerprint density at radius 1 is 0.833 bits per heavy atom. The van der Waals surface area contributed by atoms with Crippen LogP contribution in [0.3, 0.4) is 0 Å². The minimum atomic E-state index is 0.555. The third-order valence-corrected chi connectivity index (χ3v) is 4.68. The summed E-state index contributed by atoms with van der Waals surface area (Å²) in [5.41, 5.74) is 9.13. The molecule has 0 amide bonds. The van der Waals surface area contributed by atoms with Crippen molar-refractivity contribution in [1.29, 1.82) is 0 Å². The second-order valence-electron chi connectivity index (χ2n) is 5.76. The fourth-order valence-electron chi connectivity index (χ4n) is 2.62. The van der Waals surface area contributed by atoms with E-state index in [1.165, 1.54) is 11.1 Å². The van der Waals surface area contributed by atoms with Gasteiger partial charge in [0.25, 0.3) is 0 Å². The largest absolute Gasteiger partial charge is 0.384 e. The topological polar surface area (TPSA) is 50.9 Å².